The van der Waals surface area contributed by atoms with Crippen LogP contribution in [0.5, 0.6) is 0 Å². The molecule has 0 spiro atoms. The predicted octanol–water partition coefficient (Wildman–Crippen LogP) is 2.23. The standard InChI is InChI=1S/C9H21N.C4H4O4/c1-7(2)10(8(3)4)9(5)6;5-3(6)1-2-4(7)8/h7-9H,1-6H3;1-2H,(H,5,6)(H,7,8)/b;2-1-. The predicted molar refractivity (Wildman–Crippen MR) is 71.7 cm³/mol. The molecule has 2 N–H and O–H groups in total. The van der Waals surface area contributed by atoms with Crippen LogP contribution in [0.1, 0.15) is 41.5 Å². The van der Waals surface area contributed by atoms with Crippen molar-refractivity contribution in [1.82, 2.24) is 4.90 Å². The molecule has 0 fully saturated rings. The van der Waals surface area contributed by atoms with Crippen LogP contribution in [0.15, 0.2) is 12.2 Å². The van der Waals surface area contributed by atoms with E-state index >= 15 is 0 Å². The zero-order chi connectivity index (χ0) is 14.9. The fraction of sp³-hybridized carbons (Fsp3) is 0.692. The number of carboxylic acid groups (broad SMARTS) is 2. The van der Waals surface area contributed by atoms with Crippen molar-refractivity contribution < 1.29 is 19.8 Å². The summed E-state index contributed by atoms with van der Waals surface area (Å²) in [5.74, 6) is -2.51. The van der Waals surface area contributed by atoms with Crippen LogP contribution in [0.3, 0.4) is 0 Å². The first-order valence-electron chi connectivity index (χ1n) is 6.00. The third-order valence-corrected chi connectivity index (χ3v) is 2.16. The van der Waals surface area contributed by atoms with Crippen molar-refractivity contribution in [2.75, 3.05) is 0 Å². The Balaban J connectivity index is 0. The fourth-order valence-corrected chi connectivity index (χ4v) is 1.93. The summed E-state index contributed by atoms with van der Waals surface area (Å²) in [5.41, 5.74) is 0. The van der Waals surface area contributed by atoms with Crippen molar-refractivity contribution in [3.8, 4) is 0 Å². The van der Waals surface area contributed by atoms with Crippen molar-refractivity contribution in [1.29, 1.82) is 0 Å². The molecule has 0 aromatic carbocycles. The molecule has 0 rings (SSSR count). The third kappa shape index (κ3) is 11.1. The second kappa shape index (κ2) is 9.65. The molecule has 0 aliphatic heterocycles. The molecular formula is C13H25NO4. The monoisotopic (exact) mass is 259 g/mol. The number of nitrogens with zero attached hydrogens (tertiary/aromatic N) is 1. The normalized spacial score (nSPS) is 11.2. The van der Waals surface area contributed by atoms with Crippen LogP contribution in [-0.4, -0.2) is 45.2 Å². The Kier molecular flexibility index (Phi) is 10.2. The van der Waals surface area contributed by atoms with E-state index in [2.05, 4.69) is 46.4 Å². The first-order chi connectivity index (χ1) is 8.09. The number of aliphatic carboxylic acids is 2. The highest BCUT2D eigenvalue weighted by atomic mass is 16.4. The Morgan fingerprint density at radius 1 is 0.778 bits per heavy atom. The van der Waals surface area contributed by atoms with Gasteiger partial charge in [-0.1, -0.05) is 0 Å². The highest BCUT2D eigenvalue weighted by Crippen LogP contribution is 2.09. The second-order valence-electron chi connectivity index (χ2n) is 4.74. The molecule has 106 valence electrons. The lowest BCUT2D eigenvalue weighted by atomic mass is 10.2. The van der Waals surface area contributed by atoms with E-state index < -0.39 is 11.9 Å². The van der Waals surface area contributed by atoms with E-state index in [1.807, 2.05) is 0 Å². The van der Waals surface area contributed by atoms with Gasteiger partial charge in [0.05, 0.1) is 0 Å². The van der Waals surface area contributed by atoms with Gasteiger partial charge in [0.25, 0.3) is 0 Å². The molecule has 0 aromatic heterocycles. The highest BCUT2D eigenvalue weighted by Gasteiger charge is 2.15. The van der Waals surface area contributed by atoms with E-state index in [0.29, 0.717) is 30.3 Å². The Labute approximate surface area is 109 Å². The van der Waals surface area contributed by atoms with Gasteiger partial charge in [-0.15, -0.1) is 0 Å². The summed E-state index contributed by atoms with van der Waals surface area (Å²) in [5, 5.41) is 15.6. The van der Waals surface area contributed by atoms with Crippen LogP contribution < -0.4 is 0 Å². The number of hydrogen-bond acceptors (Lipinski definition) is 3. The molecule has 0 unspecified atom stereocenters. The van der Waals surface area contributed by atoms with Crippen molar-refractivity contribution in [2.45, 2.75) is 59.7 Å². The maximum atomic E-state index is 9.55. The van der Waals surface area contributed by atoms with Gasteiger partial charge in [0, 0.05) is 30.3 Å². The van der Waals surface area contributed by atoms with E-state index in [1.54, 1.807) is 0 Å². The topological polar surface area (TPSA) is 77.8 Å². The average molecular weight is 259 g/mol. The molecule has 0 bridgehead atoms. The van der Waals surface area contributed by atoms with Gasteiger partial charge in [0.15, 0.2) is 0 Å². The van der Waals surface area contributed by atoms with Gasteiger partial charge in [-0.25, -0.2) is 9.59 Å². The fourth-order valence-electron chi connectivity index (χ4n) is 1.93. The Hall–Kier alpha value is -1.36. The average Bonchev–Trinajstić information content (AvgIpc) is 2.13. The quantitative estimate of drug-likeness (QED) is 0.740. The zero-order valence-corrected chi connectivity index (χ0v) is 12.0. The number of hydrogen-bond donors (Lipinski definition) is 2. The molecule has 0 saturated heterocycles. The first-order valence-corrected chi connectivity index (χ1v) is 6.00. The molecule has 5 nitrogen and oxygen atoms in total. The SMILES string of the molecule is CC(C)N(C(C)C)C(C)C.O=C(O)/C=C\C(=O)O. The van der Waals surface area contributed by atoms with Crippen LogP contribution in [-0.2, 0) is 9.59 Å². The third-order valence-electron chi connectivity index (χ3n) is 2.16. The Morgan fingerprint density at radius 2 is 1.00 bits per heavy atom. The van der Waals surface area contributed by atoms with Crippen LogP contribution in [0.4, 0.5) is 0 Å². The van der Waals surface area contributed by atoms with Gasteiger partial charge in [0.2, 0.25) is 0 Å². The maximum Gasteiger partial charge on any atom is 0.328 e. The lowest BCUT2D eigenvalue weighted by molar-refractivity contribution is -0.134. The number of carboxylic acids is 2. The summed E-state index contributed by atoms with van der Waals surface area (Å²) in [6, 6.07) is 2.00. The largest absolute Gasteiger partial charge is 0.478 e. The number of carbonyl (C=O) groups is 2. The molecule has 0 aromatic rings. The highest BCUT2D eigenvalue weighted by molar-refractivity contribution is 5.89. The summed E-state index contributed by atoms with van der Waals surface area (Å²) >= 11 is 0. The summed E-state index contributed by atoms with van der Waals surface area (Å²) in [4.78, 5) is 21.6. The van der Waals surface area contributed by atoms with Crippen molar-refractivity contribution in [3.05, 3.63) is 12.2 Å². The molecule has 0 saturated carbocycles. The van der Waals surface area contributed by atoms with Crippen LogP contribution in [0.25, 0.3) is 0 Å². The van der Waals surface area contributed by atoms with Gasteiger partial charge in [-0.05, 0) is 41.5 Å². The van der Waals surface area contributed by atoms with Crippen LogP contribution >= 0.6 is 0 Å². The molecule has 0 radical (unpaired) electrons. The molecular weight excluding hydrogens is 234 g/mol. The minimum Gasteiger partial charge on any atom is -0.478 e. The van der Waals surface area contributed by atoms with Crippen molar-refractivity contribution >= 4 is 11.9 Å². The molecule has 18 heavy (non-hydrogen) atoms. The van der Waals surface area contributed by atoms with Gasteiger partial charge in [-0.2, -0.15) is 0 Å². The van der Waals surface area contributed by atoms with Crippen LogP contribution in [0, 0.1) is 0 Å². The van der Waals surface area contributed by atoms with E-state index in [1.165, 1.54) is 0 Å². The smallest absolute Gasteiger partial charge is 0.328 e. The second-order valence-corrected chi connectivity index (χ2v) is 4.74. The lowest BCUT2D eigenvalue weighted by Gasteiger charge is -2.34. The molecule has 5 heteroatoms. The summed E-state index contributed by atoms with van der Waals surface area (Å²) in [7, 11) is 0. The number of rotatable bonds is 5. The summed E-state index contributed by atoms with van der Waals surface area (Å²) < 4.78 is 0. The van der Waals surface area contributed by atoms with Gasteiger partial charge in [0.1, 0.15) is 0 Å². The molecule has 0 aliphatic carbocycles. The minimum atomic E-state index is -1.26. The minimum absolute atomic E-state index is 0.558. The van der Waals surface area contributed by atoms with Gasteiger partial charge in [-0.3, -0.25) is 4.90 Å². The van der Waals surface area contributed by atoms with E-state index in [-0.39, 0.29) is 0 Å². The molecule has 0 amide bonds. The first kappa shape index (κ1) is 19.0. The van der Waals surface area contributed by atoms with E-state index in [4.69, 9.17) is 10.2 Å². The molecule has 0 atom stereocenters. The molecule has 0 aliphatic rings. The Morgan fingerprint density at radius 3 is 1.06 bits per heavy atom. The lowest BCUT2D eigenvalue weighted by Crippen LogP contribution is -2.42. The van der Waals surface area contributed by atoms with E-state index in [0.717, 1.165) is 0 Å². The van der Waals surface area contributed by atoms with E-state index in [9.17, 15) is 9.59 Å². The van der Waals surface area contributed by atoms with Gasteiger partial charge >= 0.3 is 11.9 Å². The van der Waals surface area contributed by atoms with Crippen molar-refractivity contribution in [2.24, 2.45) is 0 Å². The van der Waals surface area contributed by atoms with Crippen LogP contribution in [0.2, 0.25) is 0 Å². The summed E-state index contributed by atoms with van der Waals surface area (Å²) in [6.07, 6.45) is 1.12. The van der Waals surface area contributed by atoms with Gasteiger partial charge < -0.3 is 10.2 Å². The summed E-state index contributed by atoms with van der Waals surface area (Å²) in [6.45, 7) is 13.5. The zero-order valence-electron chi connectivity index (χ0n) is 12.0. The maximum absolute atomic E-state index is 9.55. The molecule has 0 heterocycles. The Bertz CT molecular complexity index is 248. The van der Waals surface area contributed by atoms with Crippen molar-refractivity contribution in [3.63, 3.8) is 0 Å².